The number of nitrogens with one attached hydrogen (secondary N) is 1. The predicted octanol–water partition coefficient (Wildman–Crippen LogP) is 1.25. The monoisotopic (exact) mass is 174 g/mol. The quantitative estimate of drug-likeness (QED) is 0.653. The molecule has 0 spiro atoms. The first-order valence-electron chi connectivity index (χ1n) is 4.49. The molecule has 0 fully saturated rings. The Labute approximate surface area is 75.6 Å². The van der Waals surface area contributed by atoms with E-state index >= 15 is 0 Å². The van der Waals surface area contributed by atoms with Crippen LogP contribution in [0.25, 0.3) is 11.0 Å². The van der Waals surface area contributed by atoms with Crippen LogP contribution >= 0.6 is 0 Å². The number of rotatable bonds is 0. The van der Waals surface area contributed by atoms with Crippen LogP contribution in [0.3, 0.4) is 0 Å². The van der Waals surface area contributed by atoms with Gasteiger partial charge in [0.15, 0.2) is 0 Å². The van der Waals surface area contributed by atoms with E-state index in [0.717, 1.165) is 36.5 Å². The minimum absolute atomic E-state index is 0.981. The van der Waals surface area contributed by atoms with Crippen molar-refractivity contribution in [1.82, 2.24) is 14.5 Å². The van der Waals surface area contributed by atoms with Crippen LogP contribution in [0.4, 0.5) is 5.95 Å². The van der Waals surface area contributed by atoms with Gasteiger partial charge in [-0.05, 0) is 12.5 Å². The SMILES string of the molecule is c1cc2nc3n(c2cn1)CCCN3. The van der Waals surface area contributed by atoms with Gasteiger partial charge in [0.2, 0.25) is 5.95 Å². The Morgan fingerprint density at radius 3 is 3.46 bits per heavy atom. The number of imidazole rings is 1. The van der Waals surface area contributed by atoms with Gasteiger partial charge in [-0.15, -0.1) is 0 Å². The normalized spacial score (nSPS) is 15.4. The lowest BCUT2D eigenvalue weighted by atomic mass is 10.3. The molecular formula is C9H10N4. The molecule has 0 aliphatic carbocycles. The van der Waals surface area contributed by atoms with E-state index in [-0.39, 0.29) is 0 Å². The van der Waals surface area contributed by atoms with E-state index in [1.54, 1.807) is 6.20 Å². The van der Waals surface area contributed by atoms with Crippen LogP contribution in [0.5, 0.6) is 0 Å². The second-order valence-corrected chi connectivity index (χ2v) is 3.23. The Morgan fingerprint density at radius 1 is 1.46 bits per heavy atom. The molecule has 0 bridgehead atoms. The highest BCUT2D eigenvalue weighted by molar-refractivity contribution is 5.77. The second kappa shape index (κ2) is 2.45. The van der Waals surface area contributed by atoms with E-state index in [2.05, 4.69) is 19.9 Å². The Hall–Kier alpha value is -1.58. The average molecular weight is 174 g/mol. The molecule has 0 unspecified atom stereocenters. The second-order valence-electron chi connectivity index (χ2n) is 3.23. The topological polar surface area (TPSA) is 42.7 Å². The highest BCUT2D eigenvalue weighted by Gasteiger charge is 2.12. The Bertz CT molecular complexity index is 446. The molecule has 4 nitrogen and oxygen atoms in total. The first kappa shape index (κ1) is 6.88. The van der Waals surface area contributed by atoms with Gasteiger partial charge < -0.3 is 9.88 Å². The van der Waals surface area contributed by atoms with Crippen LogP contribution in [0.2, 0.25) is 0 Å². The van der Waals surface area contributed by atoms with E-state index in [4.69, 9.17) is 0 Å². The molecule has 4 heteroatoms. The van der Waals surface area contributed by atoms with Gasteiger partial charge in [0.05, 0.1) is 17.2 Å². The van der Waals surface area contributed by atoms with Crippen molar-refractivity contribution in [3.8, 4) is 0 Å². The maximum atomic E-state index is 4.47. The van der Waals surface area contributed by atoms with Crippen molar-refractivity contribution < 1.29 is 0 Å². The first-order chi connectivity index (χ1) is 6.45. The van der Waals surface area contributed by atoms with Gasteiger partial charge in [-0.2, -0.15) is 0 Å². The molecule has 3 heterocycles. The zero-order valence-corrected chi connectivity index (χ0v) is 7.20. The molecule has 0 saturated heterocycles. The molecule has 1 aliphatic rings. The summed E-state index contributed by atoms with van der Waals surface area (Å²) in [4.78, 5) is 8.57. The predicted molar refractivity (Wildman–Crippen MR) is 50.6 cm³/mol. The fraction of sp³-hybridized carbons (Fsp3) is 0.333. The summed E-state index contributed by atoms with van der Waals surface area (Å²) in [5, 5.41) is 3.28. The van der Waals surface area contributed by atoms with E-state index in [0.29, 0.717) is 0 Å². The lowest BCUT2D eigenvalue weighted by molar-refractivity contribution is 0.642. The number of hydrogen-bond donors (Lipinski definition) is 1. The standard InChI is InChI=1S/C9H10N4/c1-3-11-9-12-7-2-4-10-6-8(7)13(9)5-1/h2,4,6H,1,3,5H2,(H,11,12). The number of pyridine rings is 1. The Balaban J connectivity index is 2.34. The molecule has 13 heavy (non-hydrogen) atoms. The van der Waals surface area contributed by atoms with E-state index in [9.17, 15) is 0 Å². The molecular weight excluding hydrogens is 164 g/mol. The van der Waals surface area contributed by atoms with Crippen molar-refractivity contribution in [2.75, 3.05) is 11.9 Å². The van der Waals surface area contributed by atoms with E-state index in [1.165, 1.54) is 0 Å². The number of fused-ring (bicyclic) bond motifs is 3. The molecule has 66 valence electrons. The maximum absolute atomic E-state index is 4.47. The highest BCUT2D eigenvalue weighted by Crippen LogP contribution is 2.21. The van der Waals surface area contributed by atoms with Crippen LogP contribution in [-0.4, -0.2) is 21.1 Å². The zero-order chi connectivity index (χ0) is 8.67. The van der Waals surface area contributed by atoms with Gasteiger partial charge in [-0.3, -0.25) is 4.98 Å². The van der Waals surface area contributed by atoms with Crippen molar-refractivity contribution in [3.05, 3.63) is 18.5 Å². The summed E-state index contributed by atoms with van der Waals surface area (Å²) in [7, 11) is 0. The summed E-state index contributed by atoms with van der Waals surface area (Å²) in [5.41, 5.74) is 2.16. The van der Waals surface area contributed by atoms with Gasteiger partial charge in [0.25, 0.3) is 0 Å². The van der Waals surface area contributed by atoms with Crippen LogP contribution in [0, 0.1) is 0 Å². The third kappa shape index (κ3) is 0.915. The van der Waals surface area contributed by atoms with Crippen molar-refractivity contribution in [2.45, 2.75) is 13.0 Å². The molecule has 2 aromatic rings. The number of aryl methyl sites for hydroxylation is 1. The molecule has 0 atom stereocenters. The summed E-state index contributed by atoms with van der Waals surface area (Å²) < 4.78 is 2.19. The van der Waals surface area contributed by atoms with Crippen molar-refractivity contribution in [1.29, 1.82) is 0 Å². The van der Waals surface area contributed by atoms with Crippen LogP contribution in [0.15, 0.2) is 18.5 Å². The summed E-state index contributed by atoms with van der Waals surface area (Å²) in [6.07, 6.45) is 4.81. The summed E-state index contributed by atoms with van der Waals surface area (Å²) in [6.45, 7) is 2.07. The largest absolute Gasteiger partial charge is 0.356 e. The Morgan fingerprint density at radius 2 is 2.46 bits per heavy atom. The number of nitrogens with zero attached hydrogens (tertiary/aromatic N) is 3. The molecule has 1 aliphatic heterocycles. The number of hydrogen-bond acceptors (Lipinski definition) is 3. The van der Waals surface area contributed by atoms with E-state index < -0.39 is 0 Å². The third-order valence-electron chi connectivity index (χ3n) is 2.39. The summed E-state index contributed by atoms with van der Waals surface area (Å²) in [6, 6.07) is 1.95. The molecule has 0 radical (unpaired) electrons. The smallest absolute Gasteiger partial charge is 0.203 e. The Kier molecular flexibility index (Phi) is 1.30. The summed E-state index contributed by atoms with van der Waals surface area (Å²) in [5.74, 6) is 0.981. The van der Waals surface area contributed by atoms with Gasteiger partial charge in [-0.1, -0.05) is 0 Å². The summed E-state index contributed by atoms with van der Waals surface area (Å²) >= 11 is 0. The van der Waals surface area contributed by atoms with Gasteiger partial charge in [-0.25, -0.2) is 4.98 Å². The van der Waals surface area contributed by atoms with E-state index in [1.807, 2.05) is 12.3 Å². The van der Waals surface area contributed by atoms with Gasteiger partial charge >= 0.3 is 0 Å². The first-order valence-corrected chi connectivity index (χ1v) is 4.49. The number of anilines is 1. The van der Waals surface area contributed by atoms with Gasteiger partial charge in [0.1, 0.15) is 0 Å². The average Bonchev–Trinajstić information content (AvgIpc) is 2.56. The minimum Gasteiger partial charge on any atom is -0.356 e. The highest BCUT2D eigenvalue weighted by atomic mass is 15.2. The van der Waals surface area contributed by atoms with Crippen molar-refractivity contribution in [2.24, 2.45) is 0 Å². The third-order valence-corrected chi connectivity index (χ3v) is 2.39. The lowest BCUT2D eigenvalue weighted by Gasteiger charge is -2.15. The van der Waals surface area contributed by atoms with Gasteiger partial charge in [0, 0.05) is 19.3 Å². The molecule has 1 N–H and O–H groups in total. The molecule has 3 rings (SSSR count). The fourth-order valence-corrected chi connectivity index (χ4v) is 1.77. The van der Waals surface area contributed by atoms with Crippen LogP contribution in [0.1, 0.15) is 6.42 Å². The molecule has 0 amide bonds. The minimum atomic E-state index is 0.981. The van der Waals surface area contributed by atoms with Crippen LogP contribution < -0.4 is 5.32 Å². The zero-order valence-electron chi connectivity index (χ0n) is 7.20. The maximum Gasteiger partial charge on any atom is 0.203 e. The van der Waals surface area contributed by atoms with Crippen molar-refractivity contribution in [3.63, 3.8) is 0 Å². The fourth-order valence-electron chi connectivity index (χ4n) is 1.77. The molecule has 2 aromatic heterocycles. The number of aromatic nitrogens is 3. The van der Waals surface area contributed by atoms with Crippen LogP contribution in [-0.2, 0) is 6.54 Å². The molecule has 0 aromatic carbocycles. The lowest BCUT2D eigenvalue weighted by Crippen LogP contribution is -2.16. The van der Waals surface area contributed by atoms with Crippen molar-refractivity contribution >= 4 is 17.0 Å². The molecule has 0 saturated carbocycles.